The van der Waals surface area contributed by atoms with E-state index in [-0.39, 0.29) is 4.90 Å². The van der Waals surface area contributed by atoms with Crippen LogP contribution in [0.25, 0.3) is 10.9 Å². The molecule has 0 aliphatic rings. The number of hydrogen-bond donors (Lipinski definition) is 1. The van der Waals surface area contributed by atoms with E-state index in [1.807, 2.05) is 30.3 Å². The summed E-state index contributed by atoms with van der Waals surface area (Å²) in [7, 11) is -3.68. The number of fused-ring (bicyclic) bond motifs is 1. The van der Waals surface area contributed by atoms with Crippen molar-refractivity contribution in [3.05, 3.63) is 90.1 Å². The highest BCUT2D eigenvalue weighted by molar-refractivity contribution is 7.92. The van der Waals surface area contributed by atoms with Crippen LogP contribution in [0.3, 0.4) is 0 Å². The number of benzene rings is 3. The second-order valence-electron chi connectivity index (χ2n) is 6.04. The summed E-state index contributed by atoms with van der Waals surface area (Å²) in [6.45, 7) is 0. The van der Waals surface area contributed by atoms with Crippen molar-refractivity contribution in [2.75, 3.05) is 4.72 Å². The zero-order valence-corrected chi connectivity index (χ0v) is 16.1. The average molecular weight is 411 g/mol. The van der Waals surface area contributed by atoms with Crippen LogP contribution in [0.4, 0.5) is 5.69 Å². The Bertz CT molecular complexity index is 1220. The Labute approximate surface area is 167 Å². The maximum absolute atomic E-state index is 12.4. The lowest BCUT2D eigenvalue weighted by Crippen LogP contribution is -2.12. The number of nitrogens with one attached hydrogen (secondary N) is 1. The van der Waals surface area contributed by atoms with Crippen molar-refractivity contribution in [1.29, 1.82) is 0 Å². The van der Waals surface area contributed by atoms with Gasteiger partial charge in [0.1, 0.15) is 11.5 Å². The molecule has 0 fully saturated rings. The van der Waals surface area contributed by atoms with Crippen molar-refractivity contribution in [2.45, 2.75) is 4.90 Å². The second-order valence-corrected chi connectivity index (χ2v) is 8.16. The number of hydrogen-bond acceptors (Lipinski definition) is 4. The van der Waals surface area contributed by atoms with Gasteiger partial charge in [0.05, 0.1) is 10.4 Å². The van der Waals surface area contributed by atoms with Crippen LogP contribution in [0, 0.1) is 0 Å². The molecule has 3 aromatic carbocycles. The summed E-state index contributed by atoms with van der Waals surface area (Å²) < 4.78 is 33.2. The molecule has 4 rings (SSSR count). The Balaban J connectivity index is 1.49. The number of anilines is 1. The van der Waals surface area contributed by atoms with Crippen molar-refractivity contribution < 1.29 is 13.2 Å². The van der Waals surface area contributed by atoms with Gasteiger partial charge < -0.3 is 4.74 Å². The van der Waals surface area contributed by atoms with Gasteiger partial charge in [-0.1, -0.05) is 17.7 Å². The van der Waals surface area contributed by atoms with Crippen molar-refractivity contribution in [2.24, 2.45) is 0 Å². The lowest BCUT2D eigenvalue weighted by Gasteiger charge is -2.10. The fourth-order valence-corrected chi connectivity index (χ4v) is 3.85. The predicted octanol–water partition coefficient (Wildman–Crippen LogP) is 5.48. The van der Waals surface area contributed by atoms with Crippen LogP contribution in [0.5, 0.6) is 11.5 Å². The molecular weight excluding hydrogens is 396 g/mol. The molecule has 28 heavy (non-hydrogen) atoms. The van der Waals surface area contributed by atoms with Crippen LogP contribution in [0.1, 0.15) is 0 Å². The van der Waals surface area contributed by atoms with Crippen LogP contribution in [-0.2, 0) is 10.0 Å². The minimum atomic E-state index is -3.68. The molecule has 7 heteroatoms. The Morgan fingerprint density at radius 2 is 1.57 bits per heavy atom. The zero-order chi connectivity index (χ0) is 19.6. The quantitative estimate of drug-likeness (QED) is 0.473. The number of sulfonamides is 1. The molecule has 140 valence electrons. The molecule has 0 amide bonds. The number of rotatable bonds is 5. The minimum absolute atomic E-state index is 0.140. The molecule has 4 aromatic rings. The molecule has 0 spiro atoms. The first-order valence-corrected chi connectivity index (χ1v) is 10.3. The molecule has 1 N–H and O–H groups in total. The van der Waals surface area contributed by atoms with Crippen LogP contribution in [0.2, 0.25) is 5.02 Å². The second kappa shape index (κ2) is 7.50. The predicted molar refractivity (Wildman–Crippen MR) is 111 cm³/mol. The van der Waals surface area contributed by atoms with Gasteiger partial charge in [-0.05, 0) is 66.7 Å². The van der Waals surface area contributed by atoms with Crippen molar-refractivity contribution in [3.8, 4) is 11.5 Å². The SMILES string of the molecule is O=S(=O)(Nc1ccc(Oc2ccc3cccnc3c2)cc1)c1ccc(Cl)cc1. The van der Waals surface area contributed by atoms with Crippen LogP contribution >= 0.6 is 11.6 Å². The number of aromatic nitrogens is 1. The van der Waals surface area contributed by atoms with Gasteiger partial charge in [-0.25, -0.2) is 8.42 Å². The lowest BCUT2D eigenvalue weighted by molar-refractivity contribution is 0.483. The van der Waals surface area contributed by atoms with E-state index in [0.29, 0.717) is 22.2 Å². The molecular formula is C21H15ClN2O3S. The highest BCUT2D eigenvalue weighted by atomic mass is 35.5. The average Bonchev–Trinajstić information content (AvgIpc) is 2.69. The Kier molecular flexibility index (Phi) is 4.90. The first-order chi connectivity index (χ1) is 13.5. The molecule has 0 saturated heterocycles. The Morgan fingerprint density at radius 1 is 0.857 bits per heavy atom. The molecule has 0 aliphatic carbocycles. The monoisotopic (exact) mass is 410 g/mol. The Hall–Kier alpha value is -3.09. The van der Waals surface area contributed by atoms with Crippen LogP contribution in [-0.4, -0.2) is 13.4 Å². The van der Waals surface area contributed by atoms with Crippen molar-refractivity contribution >= 4 is 38.2 Å². The van der Waals surface area contributed by atoms with Crippen LogP contribution < -0.4 is 9.46 Å². The smallest absolute Gasteiger partial charge is 0.261 e. The van der Waals surface area contributed by atoms with Gasteiger partial charge in [-0.15, -0.1) is 0 Å². The summed E-state index contributed by atoms with van der Waals surface area (Å²) in [5, 5.41) is 1.51. The van der Waals surface area contributed by atoms with Gasteiger partial charge in [-0.3, -0.25) is 9.71 Å². The standard InChI is InChI=1S/C21H15ClN2O3S/c22-16-4-11-20(12-5-16)28(25,26)24-17-6-9-18(10-7-17)27-19-8-3-15-2-1-13-23-21(15)14-19/h1-14,24H. The number of ether oxygens (including phenoxy) is 1. The molecule has 1 heterocycles. The molecule has 0 aliphatic heterocycles. The lowest BCUT2D eigenvalue weighted by atomic mass is 10.2. The molecule has 0 bridgehead atoms. The van der Waals surface area contributed by atoms with E-state index < -0.39 is 10.0 Å². The highest BCUT2D eigenvalue weighted by Gasteiger charge is 2.14. The van der Waals surface area contributed by atoms with E-state index in [9.17, 15) is 8.42 Å². The maximum atomic E-state index is 12.4. The Morgan fingerprint density at radius 3 is 2.32 bits per heavy atom. The highest BCUT2D eigenvalue weighted by Crippen LogP contribution is 2.26. The van der Waals surface area contributed by atoms with Crippen molar-refractivity contribution in [3.63, 3.8) is 0 Å². The third kappa shape index (κ3) is 4.08. The fraction of sp³-hybridized carbons (Fsp3) is 0. The normalized spacial score (nSPS) is 11.3. The summed E-state index contributed by atoms with van der Waals surface area (Å²) in [5.41, 5.74) is 1.27. The zero-order valence-electron chi connectivity index (χ0n) is 14.5. The van der Waals surface area contributed by atoms with Crippen LogP contribution in [0.15, 0.2) is 90.0 Å². The van der Waals surface area contributed by atoms with Gasteiger partial charge in [0.15, 0.2) is 0 Å². The van der Waals surface area contributed by atoms with E-state index in [4.69, 9.17) is 16.3 Å². The third-order valence-corrected chi connectivity index (χ3v) is 5.69. The van der Waals surface area contributed by atoms with E-state index in [2.05, 4.69) is 9.71 Å². The first-order valence-electron chi connectivity index (χ1n) is 8.41. The summed E-state index contributed by atoms with van der Waals surface area (Å²) in [6.07, 6.45) is 1.73. The van der Waals surface area contributed by atoms with E-state index in [1.165, 1.54) is 24.3 Å². The number of pyridine rings is 1. The largest absolute Gasteiger partial charge is 0.457 e. The summed E-state index contributed by atoms with van der Waals surface area (Å²) in [6, 6.07) is 22.2. The molecule has 5 nitrogen and oxygen atoms in total. The maximum Gasteiger partial charge on any atom is 0.261 e. The van der Waals surface area contributed by atoms with Gasteiger partial charge in [0.2, 0.25) is 0 Å². The number of nitrogens with zero attached hydrogens (tertiary/aromatic N) is 1. The van der Waals surface area contributed by atoms with E-state index >= 15 is 0 Å². The fourth-order valence-electron chi connectivity index (χ4n) is 2.66. The summed E-state index contributed by atoms with van der Waals surface area (Å²) in [5.74, 6) is 1.24. The molecule has 0 radical (unpaired) electrons. The molecule has 1 aromatic heterocycles. The van der Waals surface area contributed by atoms with E-state index in [0.717, 1.165) is 10.9 Å². The third-order valence-electron chi connectivity index (χ3n) is 4.04. The van der Waals surface area contributed by atoms with Gasteiger partial charge >= 0.3 is 0 Å². The molecule has 0 saturated carbocycles. The van der Waals surface area contributed by atoms with Gasteiger partial charge in [-0.2, -0.15) is 0 Å². The topological polar surface area (TPSA) is 68.3 Å². The minimum Gasteiger partial charge on any atom is -0.457 e. The van der Waals surface area contributed by atoms with Gasteiger partial charge in [0, 0.05) is 28.4 Å². The molecule has 0 unspecified atom stereocenters. The summed E-state index contributed by atoms with van der Waals surface area (Å²) in [4.78, 5) is 4.45. The summed E-state index contributed by atoms with van der Waals surface area (Å²) >= 11 is 5.80. The van der Waals surface area contributed by atoms with Gasteiger partial charge in [0.25, 0.3) is 10.0 Å². The van der Waals surface area contributed by atoms with E-state index in [1.54, 1.807) is 30.5 Å². The van der Waals surface area contributed by atoms with Crippen molar-refractivity contribution in [1.82, 2.24) is 4.98 Å². The first kappa shape index (κ1) is 18.3. The number of halogens is 1. The molecule has 0 atom stereocenters.